The van der Waals surface area contributed by atoms with E-state index in [1.807, 2.05) is 17.5 Å². The number of anilines is 1. The zero-order valence-electron chi connectivity index (χ0n) is 12.4. The first-order valence-corrected chi connectivity index (χ1v) is 9.26. The summed E-state index contributed by atoms with van der Waals surface area (Å²) in [5.74, 6) is -0.927. The number of aromatic carboxylic acids is 1. The lowest BCUT2D eigenvalue weighted by Crippen LogP contribution is -2.29. The Morgan fingerprint density at radius 1 is 1.22 bits per heavy atom. The predicted molar refractivity (Wildman–Crippen MR) is 93.8 cm³/mol. The minimum Gasteiger partial charge on any atom is -0.478 e. The maximum atomic E-state index is 11.7. The fourth-order valence-electron chi connectivity index (χ4n) is 2.83. The molecular weight excluding hydrogens is 330 g/mol. The second kappa shape index (κ2) is 5.90. The predicted octanol–water partition coefficient (Wildman–Crippen LogP) is 4.11. The Kier molecular flexibility index (Phi) is 3.74. The van der Waals surface area contributed by atoms with Gasteiger partial charge in [0, 0.05) is 13.1 Å². The highest BCUT2D eigenvalue weighted by molar-refractivity contribution is 7.22. The van der Waals surface area contributed by atoms with Crippen molar-refractivity contribution in [3.05, 3.63) is 29.1 Å². The SMILES string of the molecule is O=C(O)c1cc(-c2cccs2)nc2nc(N3CCCCC3)sc12. The van der Waals surface area contributed by atoms with E-state index in [4.69, 9.17) is 0 Å². The van der Waals surface area contributed by atoms with Crippen LogP contribution >= 0.6 is 22.7 Å². The van der Waals surface area contributed by atoms with E-state index in [1.54, 1.807) is 17.4 Å². The summed E-state index contributed by atoms with van der Waals surface area (Å²) in [4.78, 5) is 24.1. The molecule has 0 atom stereocenters. The minimum absolute atomic E-state index is 0.291. The molecule has 3 aromatic rings. The summed E-state index contributed by atoms with van der Waals surface area (Å²) in [5.41, 5.74) is 1.51. The van der Waals surface area contributed by atoms with Crippen molar-refractivity contribution in [1.29, 1.82) is 0 Å². The van der Waals surface area contributed by atoms with Crippen LogP contribution in [-0.2, 0) is 0 Å². The topological polar surface area (TPSA) is 66.3 Å². The monoisotopic (exact) mass is 345 g/mol. The molecule has 0 bridgehead atoms. The third-order valence-electron chi connectivity index (χ3n) is 3.98. The number of fused-ring (bicyclic) bond motifs is 1. The summed E-state index contributed by atoms with van der Waals surface area (Å²) in [5, 5.41) is 12.4. The number of thiophene rings is 1. The van der Waals surface area contributed by atoms with Gasteiger partial charge in [-0.05, 0) is 36.8 Å². The van der Waals surface area contributed by atoms with Gasteiger partial charge < -0.3 is 10.0 Å². The van der Waals surface area contributed by atoms with Gasteiger partial charge in [-0.2, -0.15) is 4.98 Å². The van der Waals surface area contributed by atoms with Gasteiger partial charge in [0.2, 0.25) is 0 Å². The molecule has 4 rings (SSSR count). The number of hydrogen-bond acceptors (Lipinski definition) is 6. The fourth-order valence-corrected chi connectivity index (χ4v) is 4.58. The van der Waals surface area contributed by atoms with Crippen LogP contribution in [0.4, 0.5) is 5.13 Å². The zero-order chi connectivity index (χ0) is 15.8. The van der Waals surface area contributed by atoms with Crippen molar-refractivity contribution in [1.82, 2.24) is 9.97 Å². The van der Waals surface area contributed by atoms with Crippen molar-refractivity contribution in [2.24, 2.45) is 0 Å². The van der Waals surface area contributed by atoms with Gasteiger partial charge in [0.05, 0.1) is 20.8 Å². The first-order chi connectivity index (χ1) is 11.2. The molecule has 7 heteroatoms. The van der Waals surface area contributed by atoms with Crippen LogP contribution in [0.3, 0.4) is 0 Å². The van der Waals surface area contributed by atoms with Crippen molar-refractivity contribution in [2.75, 3.05) is 18.0 Å². The fraction of sp³-hybridized carbons (Fsp3) is 0.312. The van der Waals surface area contributed by atoms with Crippen LogP contribution in [0.5, 0.6) is 0 Å². The number of pyridine rings is 1. The summed E-state index contributed by atoms with van der Waals surface area (Å²) in [6.45, 7) is 1.97. The highest BCUT2D eigenvalue weighted by Crippen LogP contribution is 2.35. The van der Waals surface area contributed by atoms with Crippen LogP contribution < -0.4 is 4.90 Å². The molecule has 0 aromatic carbocycles. The lowest BCUT2D eigenvalue weighted by atomic mass is 10.1. The first-order valence-electron chi connectivity index (χ1n) is 7.56. The maximum absolute atomic E-state index is 11.7. The molecule has 1 saturated heterocycles. The Morgan fingerprint density at radius 3 is 2.74 bits per heavy atom. The van der Waals surface area contributed by atoms with Crippen molar-refractivity contribution in [2.45, 2.75) is 19.3 Å². The Hall–Kier alpha value is -1.99. The Balaban J connectivity index is 1.85. The van der Waals surface area contributed by atoms with Crippen molar-refractivity contribution in [3.8, 4) is 10.6 Å². The van der Waals surface area contributed by atoms with E-state index in [-0.39, 0.29) is 0 Å². The number of piperidine rings is 1. The zero-order valence-corrected chi connectivity index (χ0v) is 14.0. The van der Waals surface area contributed by atoms with Crippen LogP contribution in [0.1, 0.15) is 29.6 Å². The van der Waals surface area contributed by atoms with Crippen LogP contribution in [0.2, 0.25) is 0 Å². The highest BCUT2D eigenvalue weighted by atomic mass is 32.1. The minimum atomic E-state index is -0.927. The number of nitrogens with zero attached hydrogens (tertiary/aromatic N) is 3. The molecule has 23 heavy (non-hydrogen) atoms. The summed E-state index contributed by atoms with van der Waals surface area (Å²) in [6.07, 6.45) is 3.58. The third kappa shape index (κ3) is 2.70. The van der Waals surface area contributed by atoms with Crippen molar-refractivity contribution in [3.63, 3.8) is 0 Å². The van der Waals surface area contributed by atoms with E-state index in [9.17, 15) is 9.90 Å². The molecule has 1 aliphatic heterocycles. The second-order valence-electron chi connectivity index (χ2n) is 5.53. The molecular formula is C16H15N3O2S2. The quantitative estimate of drug-likeness (QED) is 0.774. The normalized spacial score (nSPS) is 15.2. The van der Waals surface area contributed by atoms with Crippen LogP contribution in [0, 0.1) is 0 Å². The summed E-state index contributed by atoms with van der Waals surface area (Å²) in [7, 11) is 0. The third-order valence-corrected chi connectivity index (χ3v) is 6.01. The van der Waals surface area contributed by atoms with E-state index in [0.717, 1.165) is 35.9 Å². The second-order valence-corrected chi connectivity index (χ2v) is 7.46. The first kappa shape index (κ1) is 14.6. The largest absolute Gasteiger partial charge is 0.478 e. The number of carboxylic acids is 1. The van der Waals surface area contributed by atoms with E-state index in [0.29, 0.717) is 21.6 Å². The Labute approximate surface area is 141 Å². The summed E-state index contributed by atoms with van der Waals surface area (Å²) in [6, 6.07) is 5.55. The van der Waals surface area contributed by atoms with Gasteiger partial charge in [0.1, 0.15) is 0 Å². The molecule has 0 spiro atoms. The smallest absolute Gasteiger partial charge is 0.337 e. The lowest BCUT2D eigenvalue weighted by molar-refractivity contribution is 0.0699. The molecule has 0 amide bonds. The molecule has 4 heterocycles. The van der Waals surface area contributed by atoms with E-state index in [1.165, 1.54) is 17.8 Å². The molecule has 1 N–H and O–H groups in total. The van der Waals surface area contributed by atoms with Gasteiger partial charge in [-0.15, -0.1) is 11.3 Å². The molecule has 118 valence electrons. The van der Waals surface area contributed by atoms with Gasteiger partial charge in [0.25, 0.3) is 0 Å². The molecule has 0 aliphatic carbocycles. The molecule has 1 fully saturated rings. The lowest BCUT2D eigenvalue weighted by Gasteiger charge is -2.25. The summed E-state index contributed by atoms with van der Waals surface area (Å²) >= 11 is 2.99. The summed E-state index contributed by atoms with van der Waals surface area (Å²) < 4.78 is 0.665. The number of thiazole rings is 1. The molecule has 5 nitrogen and oxygen atoms in total. The van der Waals surface area contributed by atoms with Crippen molar-refractivity contribution < 1.29 is 9.90 Å². The van der Waals surface area contributed by atoms with E-state index >= 15 is 0 Å². The number of aromatic nitrogens is 2. The highest BCUT2D eigenvalue weighted by Gasteiger charge is 2.21. The number of carboxylic acid groups (broad SMARTS) is 1. The molecule has 1 aliphatic rings. The van der Waals surface area contributed by atoms with Gasteiger partial charge in [-0.1, -0.05) is 17.4 Å². The van der Waals surface area contributed by atoms with Crippen molar-refractivity contribution >= 4 is 44.1 Å². The van der Waals surface area contributed by atoms with E-state index in [2.05, 4.69) is 14.9 Å². The average Bonchev–Trinajstić information content (AvgIpc) is 3.23. The Morgan fingerprint density at radius 2 is 2.04 bits per heavy atom. The van der Waals surface area contributed by atoms with Crippen LogP contribution in [-0.4, -0.2) is 34.1 Å². The van der Waals surface area contributed by atoms with E-state index < -0.39 is 5.97 Å². The molecule has 0 unspecified atom stereocenters. The van der Waals surface area contributed by atoms with Gasteiger partial charge in [0.15, 0.2) is 10.8 Å². The number of hydrogen-bond donors (Lipinski definition) is 1. The molecule has 0 radical (unpaired) electrons. The molecule has 0 saturated carbocycles. The van der Waals surface area contributed by atoms with Gasteiger partial charge in [-0.25, -0.2) is 9.78 Å². The Bertz CT molecular complexity index is 852. The van der Waals surface area contributed by atoms with Crippen LogP contribution in [0.15, 0.2) is 23.6 Å². The van der Waals surface area contributed by atoms with Gasteiger partial charge in [-0.3, -0.25) is 0 Å². The average molecular weight is 345 g/mol. The number of carbonyl (C=O) groups is 1. The molecule has 3 aromatic heterocycles. The van der Waals surface area contributed by atoms with Gasteiger partial charge >= 0.3 is 5.97 Å². The number of rotatable bonds is 3. The maximum Gasteiger partial charge on any atom is 0.337 e. The standard InChI is InChI=1S/C16H15N3O2S2/c20-15(21)10-9-11(12-5-4-8-22-12)17-14-13(10)23-16(18-14)19-6-2-1-3-7-19/h4-5,8-9H,1-3,6-7H2,(H,20,21). The van der Waals surface area contributed by atoms with Crippen LogP contribution in [0.25, 0.3) is 20.9 Å².